The first-order valence-electron chi connectivity index (χ1n) is 10.5. The van der Waals surface area contributed by atoms with Crippen molar-refractivity contribution in [1.29, 1.82) is 0 Å². The molecular formula is C26H28N2O4. The molecule has 0 aliphatic carbocycles. The number of benzene rings is 3. The van der Waals surface area contributed by atoms with Crippen molar-refractivity contribution in [3.63, 3.8) is 0 Å². The largest absolute Gasteiger partial charge is 0.493 e. The Balaban J connectivity index is 1.66. The fourth-order valence-corrected chi connectivity index (χ4v) is 3.39. The Labute approximate surface area is 188 Å². The lowest BCUT2D eigenvalue weighted by Gasteiger charge is -2.18. The predicted octanol–water partition coefficient (Wildman–Crippen LogP) is 4.47. The van der Waals surface area contributed by atoms with E-state index in [1.54, 1.807) is 18.2 Å². The van der Waals surface area contributed by atoms with E-state index in [2.05, 4.69) is 10.9 Å². The summed E-state index contributed by atoms with van der Waals surface area (Å²) in [4.78, 5) is 25.2. The number of hydrazine groups is 1. The van der Waals surface area contributed by atoms with Crippen LogP contribution in [0.1, 0.15) is 47.7 Å². The van der Waals surface area contributed by atoms with E-state index in [-0.39, 0.29) is 24.3 Å². The molecule has 0 atom stereocenters. The third kappa shape index (κ3) is 6.11. The highest BCUT2D eigenvalue weighted by atomic mass is 16.5. The molecule has 0 spiro atoms. The Morgan fingerprint density at radius 3 is 1.94 bits per heavy atom. The Bertz CT molecular complexity index is 997. The molecule has 3 rings (SSSR count). The molecule has 6 heteroatoms. The van der Waals surface area contributed by atoms with Gasteiger partial charge in [0.25, 0.3) is 5.91 Å². The summed E-state index contributed by atoms with van der Waals surface area (Å²) >= 11 is 0. The fraction of sp³-hybridized carbons (Fsp3) is 0.231. The number of hydrogen-bond donors (Lipinski definition) is 2. The summed E-state index contributed by atoms with van der Waals surface area (Å²) in [5, 5.41) is 0. The second-order valence-corrected chi connectivity index (χ2v) is 7.61. The van der Waals surface area contributed by atoms with Gasteiger partial charge in [0, 0.05) is 17.9 Å². The Morgan fingerprint density at radius 2 is 1.41 bits per heavy atom. The lowest BCUT2D eigenvalue weighted by Crippen LogP contribution is -2.42. The molecule has 3 aromatic carbocycles. The van der Waals surface area contributed by atoms with E-state index < -0.39 is 5.91 Å². The molecular weight excluding hydrogens is 404 g/mol. The molecule has 0 aliphatic heterocycles. The number of rotatable bonds is 8. The van der Waals surface area contributed by atoms with Crippen molar-refractivity contribution < 1.29 is 19.1 Å². The summed E-state index contributed by atoms with van der Waals surface area (Å²) in [6.07, 6.45) is 0.170. The van der Waals surface area contributed by atoms with Crippen LogP contribution in [0.4, 0.5) is 0 Å². The topological polar surface area (TPSA) is 76.7 Å². The number of carbonyl (C=O) groups excluding carboxylic acids is 2. The number of ether oxygens (including phenoxy) is 2. The zero-order chi connectivity index (χ0) is 22.9. The molecule has 0 fully saturated rings. The summed E-state index contributed by atoms with van der Waals surface area (Å²) in [7, 11) is 1.51. The number of amides is 2. The third-order valence-electron chi connectivity index (χ3n) is 4.90. The average molecular weight is 433 g/mol. The summed E-state index contributed by atoms with van der Waals surface area (Å²) in [5.74, 6) is 0.149. The van der Waals surface area contributed by atoms with Crippen molar-refractivity contribution >= 4 is 11.8 Å². The summed E-state index contributed by atoms with van der Waals surface area (Å²) < 4.78 is 11.0. The summed E-state index contributed by atoms with van der Waals surface area (Å²) in [6.45, 7) is 3.82. The molecule has 0 unspecified atom stereocenters. The zero-order valence-corrected chi connectivity index (χ0v) is 18.5. The molecule has 6 nitrogen and oxygen atoms in total. The molecule has 3 aromatic rings. The molecule has 0 bridgehead atoms. The predicted molar refractivity (Wildman–Crippen MR) is 124 cm³/mol. The molecule has 2 amide bonds. The lowest BCUT2D eigenvalue weighted by atomic mass is 9.88. The van der Waals surface area contributed by atoms with Crippen LogP contribution in [-0.4, -0.2) is 25.0 Å². The third-order valence-corrected chi connectivity index (χ3v) is 4.90. The van der Waals surface area contributed by atoms with Gasteiger partial charge in [-0.1, -0.05) is 60.7 Å². The molecule has 0 heterocycles. The number of hydrogen-bond acceptors (Lipinski definition) is 4. The normalized spacial score (nSPS) is 10.7. The van der Waals surface area contributed by atoms with Gasteiger partial charge in [0.1, 0.15) is 0 Å². The number of nitrogens with one attached hydrogen (secondary N) is 2. The van der Waals surface area contributed by atoms with Gasteiger partial charge in [-0.15, -0.1) is 0 Å². The van der Waals surface area contributed by atoms with Crippen LogP contribution in [0, 0.1) is 0 Å². The van der Waals surface area contributed by atoms with Crippen LogP contribution >= 0.6 is 0 Å². The van der Waals surface area contributed by atoms with Gasteiger partial charge in [-0.25, -0.2) is 0 Å². The monoisotopic (exact) mass is 432 g/mol. The van der Waals surface area contributed by atoms with Gasteiger partial charge in [-0.3, -0.25) is 20.4 Å². The first-order valence-corrected chi connectivity index (χ1v) is 10.5. The van der Waals surface area contributed by atoms with E-state index in [0.29, 0.717) is 17.1 Å². The second-order valence-electron chi connectivity index (χ2n) is 7.61. The number of methoxy groups -OCH3 is 1. The summed E-state index contributed by atoms with van der Waals surface area (Å²) in [5.41, 5.74) is 7.42. The van der Waals surface area contributed by atoms with Crippen molar-refractivity contribution in [1.82, 2.24) is 10.9 Å². The van der Waals surface area contributed by atoms with Gasteiger partial charge >= 0.3 is 0 Å². The van der Waals surface area contributed by atoms with E-state index in [4.69, 9.17) is 9.47 Å². The summed E-state index contributed by atoms with van der Waals surface area (Å²) in [6, 6.07) is 24.5. The Hall–Kier alpha value is -3.80. The van der Waals surface area contributed by atoms with Crippen LogP contribution < -0.4 is 20.3 Å². The lowest BCUT2D eigenvalue weighted by molar-refractivity contribution is -0.122. The van der Waals surface area contributed by atoms with Crippen LogP contribution in [-0.2, 0) is 4.79 Å². The average Bonchev–Trinajstić information content (AvgIpc) is 2.82. The van der Waals surface area contributed by atoms with E-state index in [0.717, 1.165) is 11.1 Å². The molecule has 2 N–H and O–H groups in total. The smallest absolute Gasteiger partial charge is 0.269 e. The minimum atomic E-state index is -0.441. The first-order chi connectivity index (χ1) is 15.5. The van der Waals surface area contributed by atoms with Crippen LogP contribution in [0.3, 0.4) is 0 Å². The SMILES string of the molecule is COc1cc(C(=O)NNC(=O)CC(c2ccccc2)c2ccccc2)ccc1OC(C)C. The second kappa shape index (κ2) is 11.0. The van der Waals surface area contributed by atoms with E-state index in [1.807, 2.05) is 74.5 Å². The van der Waals surface area contributed by atoms with Crippen molar-refractivity contribution in [3.8, 4) is 11.5 Å². The van der Waals surface area contributed by atoms with Crippen LogP contribution in [0.25, 0.3) is 0 Å². The van der Waals surface area contributed by atoms with Gasteiger partial charge in [0.2, 0.25) is 5.91 Å². The van der Waals surface area contributed by atoms with Crippen LogP contribution in [0.2, 0.25) is 0 Å². The maximum Gasteiger partial charge on any atom is 0.269 e. The highest BCUT2D eigenvalue weighted by Crippen LogP contribution is 2.29. The van der Waals surface area contributed by atoms with Gasteiger partial charge in [0.15, 0.2) is 11.5 Å². The zero-order valence-electron chi connectivity index (χ0n) is 18.5. The van der Waals surface area contributed by atoms with E-state index in [9.17, 15) is 9.59 Å². The maximum atomic E-state index is 12.7. The van der Waals surface area contributed by atoms with Gasteiger partial charge in [0.05, 0.1) is 13.2 Å². The highest BCUT2D eigenvalue weighted by molar-refractivity contribution is 5.96. The fourth-order valence-electron chi connectivity index (χ4n) is 3.39. The van der Waals surface area contributed by atoms with Crippen molar-refractivity contribution in [2.24, 2.45) is 0 Å². The molecule has 0 radical (unpaired) electrons. The van der Waals surface area contributed by atoms with Gasteiger partial charge in [-0.05, 0) is 43.2 Å². The minimum absolute atomic E-state index is 0.0231. The maximum absolute atomic E-state index is 12.7. The minimum Gasteiger partial charge on any atom is -0.493 e. The molecule has 0 saturated heterocycles. The van der Waals surface area contributed by atoms with E-state index >= 15 is 0 Å². The quantitative estimate of drug-likeness (QED) is 0.515. The van der Waals surface area contributed by atoms with Gasteiger partial charge < -0.3 is 9.47 Å². The standard InChI is InChI=1S/C26H28N2O4/c1-18(2)32-23-15-14-21(16-24(23)31-3)26(30)28-27-25(29)17-22(19-10-6-4-7-11-19)20-12-8-5-9-13-20/h4-16,18,22H,17H2,1-3H3,(H,27,29)(H,28,30). The molecule has 166 valence electrons. The van der Waals surface area contributed by atoms with Crippen molar-refractivity contribution in [2.75, 3.05) is 7.11 Å². The molecule has 0 saturated carbocycles. The van der Waals surface area contributed by atoms with Crippen molar-refractivity contribution in [2.45, 2.75) is 32.3 Å². The van der Waals surface area contributed by atoms with Crippen molar-refractivity contribution in [3.05, 3.63) is 95.6 Å². The highest BCUT2D eigenvalue weighted by Gasteiger charge is 2.19. The number of carbonyl (C=O) groups is 2. The molecule has 0 aliphatic rings. The first kappa shape index (κ1) is 22.9. The molecule has 32 heavy (non-hydrogen) atoms. The van der Waals surface area contributed by atoms with E-state index in [1.165, 1.54) is 7.11 Å². The Kier molecular flexibility index (Phi) is 7.86. The molecule has 0 aromatic heterocycles. The van der Waals surface area contributed by atoms with Crippen LogP contribution in [0.15, 0.2) is 78.9 Å². The Morgan fingerprint density at radius 1 is 0.812 bits per heavy atom. The van der Waals surface area contributed by atoms with Crippen LogP contribution in [0.5, 0.6) is 11.5 Å². The van der Waals surface area contributed by atoms with Gasteiger partial charge in [-0.2, -0.15) is 0 Å².